The molecule has 2 aromatic rings. The van der Waals surface area contributed by atoms with Gasteiger partial charge in [-0.1, -0.05) is 44.2 Å². The molecular formula is C29H38F2N4O5. The van der Waals surface area contributed by atoms with Gasteiger partial charge in [0.2, 0.25) is 17.7 Å². The first-order valence-corrected chi connectivity index (χ1v) is 13.0. The highest BCUT2D eigenvalue weighted by atomic mass is 19.1. The molecule has 0 radical (unpaired) electrons. The molecule has 0 bridgehead atoms. The lowest BCUT2D eigenvalue weighted by atomic mass is 9.92. The Bertz CT molecular complexity index is 1180. The topological polar surface area (TPSA) is 137 Å². The van der Waals surface area contributed by atoms with Crippen molar-refractivity contribution >= 4 is 23.6 Å². The Morgan fingerprint density at radius 2 is 1.50 bits per heavy atom. The number of hydrogen-bond acceptors (Lipinski definition) is 5. The van der Waals surface area contributed by atoms with Crippen molar-refractivity contribution in [2.75, 3.05) is 13.1 Å². The first kappa shape index (κ1) is 32.4. The first-order valence-electron chi connectivity index (χ1n) is 13.0. The molecule has 0 aromatic heterocycles. The van der Waals surface area contributed by atoms with Crippen LogP contribution in [0.5, 0.6) is 0 Å². The van der Waals surface area contributed by atoms with Gasteiger partial charge in [0.05, 0.1) is 6.04 Å². The van der Waals surface area contributed by atoms with Crippen molar-refractivity contribution < 1.29 is 33.1 Å². The molecule has 218 valence electrons. The van der Waals surface area contributed by atoms with Crippen LogP contribution in [0.4, 0.5) is 8.78 Å². The van der Waals surface area contributed by atoms with E-state index in [1.807, 2.05) is 30.3 Å². The second-order valence-corrected chi connectivity index (χ2v) is 10.6. The zero-order chi connectivity index (χ0) is 29.9. The predicted octanol–water partition coefficient (Wildman–Crippen LogP) is 1.77. The quantitative estimate of drug-likeness (QED) is 0.240. The fourth-order valence-corrected chi connectivity index (χ4v) is 4.11. The van der Waals surface area contributed by atoms with Gasteiger partial charge in [0.1, 0.15) is 11.6 Å². The van der Waals surface area contributed by atoms with Gasteiger partial charge in [0, 0.05) is 39.4 Å². The lowest BCUT2D eigenvalue weighted by molar-refractivity contribution is -0.132. The minimum Gasteiger partial charge on any atom is -0.381 e. The third-order valence-electron chi connectivity index (χ3n) is 6.16. The van der Waals surface area contributed by atoms with Crippen LogP contribution >= 0.6 is 0 Å². The molecule has 9 nitrogen and oxygen atoms in total. The number of nitrogens with one attached hydrogen (secondary N) is 4. The smallest absolute Gasteiger partial charge is 0.251 e. The van der Waals surface area contributed by atoms with Crippen molar-refractivity contribution in [2.45, 2.75) is 65.1 Å². The second kappa shape index (κ2) is 15.1. The van der Waals surface area contributed by atoms with Gasteiger partial charge >= 0.3 is 0 Å². The number of benzene rings is 2. The molecule has 40 heavy (non-hydrogen) atoms. The Labute approximate surface area is 233 Å². The number of carbonyl (C=O) groups is 4. The van der Waals surface area contributed by atoms with E-state index in [-0.39, 0.29) is 43.8 Å². The fraction of sp³-hybridized carbons (Fsp3) is 0.448. The van der Waals surface area contributed by atoms with Gasteiger partial charge in [0.15, 0.2) is 6.10 Å². The van der Waals surface area contributed by atoms with Crippen molar-refractivity contribution in [1.29, 1.82) is 0 Å². The van der Waals surface area contributed by atoms with Crippen LogP contribution in [0, 0.1) is 17.0 Å². The van der Waals surface area contributed by atoms with Crippen LogP contribution in [0.1, 0.15) is 45.2 Å². The fourth-order valence-electron chi connectivity index (χ4n) is 4.11. The molecule has 0 aliphatic carbocycles. The molecule has 3 unspecified atom stereocenters. The lowest BCUT2D eigenvalue weighted by Crippen LogP contribution is -2.53. The summed E-state index contributed by atoms with van der Waals surface area (Å²) < 4.78 is 27.6. The maximum atomic E-state index is 14.1. The first-order chi connectivity index (χ1) is 18.8. The molecule has 0 heterocycles. The summed E-state index contributed by atoms with van der Waals surface area (Å²) in [7, 11) is 0. The maximum absolute atomic E-state index is 14.1. The van der Waals surface area contributed by atoms with Crippen LogP contribution in [0.2, 0.25) is 0 Å². The van der Waals surface area contributed by atoms with Crippen LogP contribution in [0.3, 0.4) is 0 Å². The van der Waals surface area contributed by atoms with Crippen molar-refractivity contribution in [3.8, 4) is 0 Å². The van der Waals surface area contributed by atoms with E-state index in [1.165, 1.54) is 13.8 Å². The Morgan fingerprint density at radius 1 is 0.875 bits per heavy atom. The Kier molecular flexibility index (Phi) is 12.2. The summed E-state index contributed by atoms with van der Waals surface area (Å²) >= 11 is 0. The van der Waals surface area contributed by atoms with E-state index in [1.54, 1.807) is 13.8 Å². The average Bonchev–Trinajstić information content (AvgIpc) is 2.87. The van der Waals surface area contributed by atoms with Crippen LogP contribution in [0.15, 0.2) is 48.5 Å². The van der Waals surface area contributed by atoms with Crippen molar-refractivity contribution in [3.05, 3.63) is 71.3 Å². The summed E-state index contributed by atoms with van der Waals surface area (Å²) in [6, 6.07) is 10.5. The molecular weight excluding hydrogens is 522 g/mol. The summed E-state index contributed by atoms with van der Waals surface area (Å²) in [5, 5.41) is 21.3. The lowest BCUT2D eigenvalue weighted by Gasteiger charge is -2.28. The highest BCUT2D eigenvalue weighted by molar-refractivity contribution is 5.83. The SMILES string of the molecule is CC(=O)NC(CC(=O)NCC(C)(C)CNC(=O)C(O)C(Cc1ccccc1)NC(C)=O)Cc1cc(F)ccc1F. The molecule has 0 saturated heterocycles. The molecule has 0 aliphatic heterocycles. The molecule has 2 rings (SSSR count). The van der Waals surface area contributed by atoms with Gasteiger partial charge in [0.25, 0.3) is 5.91 Å². The second-order valence-electron chi connectivity index (χ2n) is 10.6. The van der Waals surface area contributed by atoms with Gasteiger partial charge in [-0.2, -0.15) is 0 Å². The maximum Gasteiger partial charge on any atom is 0.251 e. The highest BCUT2D eigenvalue weighted by Gasteiger charge is 2.29. The Morgan fingerprint density at radius 3 is 2.12 bits per heavy atom. The number of aliphatic hydroxyl groups excluding tert-OH is 1. The largest absolute Gasteiger partial charge is 0.381 e. The molecule has 3 atom stereocenters. The van der Waals surface area contributed by atoms with E-state index in [2.05, 4.69) is 21.3 Å². The van der Waals surface area contributed by atoms with Gasteiger partial charge in [-0.3, -0.25) is 19.2 Å². The summed E-state index contributed by atoms with van der Waals surface area (Å²) in [4.78, 5) is 48.6. The predicted molar refractivity (Wildman–Crippen MR) is 146 cm³/mol. The van der Waals surface area contributed by atoms with Gasteiger partial charge in [-0.25, -0.2) is 8.78 Å². The Hall–Kier alpha value is -3.86. The van der Waals surface area contributed by atoms with Crippen molar-refractivity contribution in [2.24, 2.45) is 5.41 Å². The van der Waals surface area contributed by atoms with Crippen LogP contribution < -0.4 is 21.3 Å². The molecule has 0 aliphatic rings. The van der Waals surface area contributed by atoms with Crippen molar-refractivity contribution in [3.63, 3.8) is 0 Å². The standard InChI is InChI=1S/C29H38F2N4O5/c1-18(36)34-23(14-21-13-22(30)10-11-24(21)31)15-26(38)32-16-29(3,4)17-33-28(40)27(39)25(35-19(2)37)12-20-8-6-5-7-9-20/h5-11,13,23,25,27,39H,12,14-17H2,1-4H3,(H,32,38)(H,33,40)(H,34,36)(H,35,37). The van der Waals surface area contributed by atoms with Crippen LogP contribution in [-0.4, -0.2) is 60.0 Å². The molecule has 0 spiro atoms. The molecule has 2 aromatic carbocycles. The van der Waals surface area contributed by atoms with Crippen LogP contribution in [0.25, 0.3) is 0 Å². The van der Waals surface area contributed by atoms with E-state index in [9.17, 15) is 33.1 Å². The van der Waals surface area contributed by atoms with Gasteiger partial charge in [-0.15, -0.1) is 0 Å². The normalized spacial score (nSPS) is 13.5. The van der Waals surface area contributed by atoms with Gasteiger partial charge in [-0.05, 0) is 47.6 Å². The third kappa shape index (κ3) is 11.5. The van der Waals surface area contributed by atoms with E-state index < -0.39 is 53.0 Å². The van der Waals surface area contributed by atoms with Crippen LogP contribution in [-0.2, 0) is 32.0 Å². The molecule has 4 amide bonds. The molecule has 0 saturated carbocycles. The van der Waals surface area contributed by atoms with E-state index in [0.29, 0.717) is 0 Å². The zero-order valence-electron chi connectivity index (χ0n) is 23.2. The summed E-state index contributed by atoms with van der Waals surface area (Å²) in [6.45, 7) is 6.40. The summed E-state index contributed by atoms with van der Waals surface area (Å²) in [5.74, 6) is -3.16. The monoisotopic (exact) mass is 560 g/mol. The van der Waals surface area contributed by atoms with Gasteiger partial charge < -0.3 is 26.4 Å². The Balaban J connectivity index is 1.91. The minimum absolute atomic E-state index is 0.0398. The zero-order valence-corrected chi connectivity index (χ0v) is 23.2. The molecule has 11 heteroatoms. The molecule has 5 N–H and O–H groups in total. The summed E-state index contributed by atoms with van der Waals surface area (Å²) in [6.07, 6.45) is -1.50. The van der Waals surface area contributed by atoms with E-state index in [0.717, 1.165) is 23.8 Å². The number of amides is 4. The van der Waals surface area contributed by atoms with E-state index >= 15 is 0 Å². The average molecular weight is 561 g/mol. The van der Waals surface area contributed by atoms with E-state index in [4.69, 9.17) is 0 Å². The highest BCUT2D eigenvalue weighted by Crippen LogP contribution is 2.15. The molecule has 0 fully saturated rings. The number of aliphatic hydroxyl groups is 1. The third-order valence-corrected chi connectivity index (χ3v) is 6.16. The number of carbonyl (C=O) groups excluding carboxylic acids is 4. The van der Waals surface area contributed by atoms with Crippen molar-refractivity contribution in [1.82, 2.24) is 21.3 Å². The number of rotatable bonds is 14. The summed E-state index contributed by atoms with van der Waals surface area (Å²) in [5.41, 5.74) is 0.249. The number of hydrogen-bond donors (Lipinski definition) is 5. The minimum atomic E-state index is -1.50. The number of halogens is 2.